The van der Waals surface area contributed by atoms with E-state index in [-0.39, 0.29) is 0 Å². The molecule has 2 rings (SSSR count). The van der Waals surface area contributed by atoms with Gasteiger partial charge in [0.15, 0.2) is 0 Å². The van der Waals surface area contributed by atoms with Gasteiger partial charge < -0.3 is 10.5 Å². The van der Waals surface area contributed by atoms with Crippen LogP contribution >= 0.6 is 11.3 Å². The third-order valence-corrected chi connectivity index (χ3v) is 3.74. The minimum absolute atomic E-state index is 0.521. The van der Waals surface area contributed by atoms with E-state index in [1.165, 1.54) is 5.56 Å². The van der Waals surface area contributed by atoms with E-state index in [2.05, 4.69) is 34.4 Å². The van der Waals surface area contributed by atoms with Crippen molar-refractivity contribution in [2.24, 2.45) is 5.73 Å². The fourth-order valence-electron chi connectivity index (χ4n) is 1.89. The third-order valence-electron chi connectivity index (χ3n) is 2.82. The maximum absolute atomic E-state index is 5.57. The lowest BCUT2D eigenvalue weighted by atomic mass is 10.2. The molecule has 0 fully saturated rings. The average Bonchev–Trinajstić information content (AvgIpc) is 2.87. The molecule has 0 spiro atoms. The molecule has 0 aliphatic rings. The number of hydrogen-bond acceptors (Lipinski definition) is 5. The monoisotopic (exact) mass is 277 g/mol. The highest BCUT2D eigenvalue weighted by molar-refractivity contribution is 7.09. The summed E-state index contributed by atoms with van der Waals surface area (Å²) in [5.74, 6) is 0.887. The summed E-state index contributed by atoms with van der Waals surface area (Å²) in [6.45, 7) is 2.24. The van der Waals surface area contributed by atoms with E-state index >= 15 is 0 Å². The second-order valence-corrected chi connectivity index (χ2v) is 5.40. The summed E-state index contributed by atoms with van der Waals surface area (Å²) in [7, 11) is 3.77. The first-order valence-electron chi connectivity index (χ1n) is 6.16. The van der Waals surface area contributed by atoms with Crippen LogP contribution < -0.4 is 10.5 Å². The zero-order chi connectivity index (χ0) is 13.7. The van der Waals surface area contributed by atoms with Crippen molar-refractivity contribution in [1.29, 1.82) is 0 Å². The molecule has 0 aliphatic heterocycles. The molecule has 2 aromatic rings. The quantitative estimate of drug-likeness (QED) is 0.880. The van der Waals surface area contributed by atoms with Crippen LogP contribution in [0.25, 0.3) is 0 Å². The van der Waals surface area contributed by atoms with Gasteiger partial charge in [-0.3, -0.25) is 4.90 Å². The number of rotatable bonds is 6. The lowest BCUT2D eigenvalue weighted by molar-refractivity contribution is 0.315. The Labute approximate surface area is 117 Å². The maximum atomic E-state index is 5.57. The van der Waals surface area contributed by atoms with E-state index < -0.39 is 0 Å². The van der Waals surface area contributed by atoms with Crippen molar-refractivity contribution in [1.82, 2.24) is 9.88 Å². The summed E-state index contributed by atoms with van der Waals surface area (Å²) in [5, 5.41) is 3.07. The second-order valence-electron chi connectivity index (χ2n) is 4.46. The Balaban J connectivity index is 1.90. The molecule has 1 aromatic heterocycles. The summed E-state index contributed by atoms with van der Waals surface area (Å²) < 4.78 is 5.15. The van der Waals surface area contributed by atoms with Crippen molar-refractivity contribution in [2.75, 3.05) is 14.2 Å². The topological polar surface area (TPSA) is 51.4 Å². The molecule has 0 unspecified atom stereocenters. The number of nitrogens with two attached hydrogens (primary N) is 1. The Morgan fingerprint density at radius 2 is 2.00 bits per heavy atom. The molecular formula is C14H19N3OS. The molecule has 0 aliphatic carbocycles. The number of aromatic nitrogens is 1. The second kappa shape index (κ2) is 6.65. The molecule has 4 nitrogen and oxygen atoms in total. The number of methoxy groups -OCH3 is 1. The number of nitrogens with zero attached hydrogens (tertiary/aromatic N) is 2. The Hall–Kier alpha value is -1.43. The standard InChI is InChI=1S/C14H19N3OS/c1-17(9-12-10-19-14(7-15)16-12)8-11-3-5-13(18-2)6-4-11/h3-6,10H,7-9,15H2,1-2H3. The fourth-order valence-corrected chi connectivity index (χ4v) is 2.56. The molecule has 0 atom stereocenters. The Bertz CT molecular complexity index is 510. The van der Waals surface area contributed by atoms with Gasteiger partial charge in [0.1, 0.15) is 10.8 Å². The first kappa shape index (κ1) is 14.0. The first-order chi connectivity index (χ1) is 9.21. The van der Waals surface area contributed by atoms with E-state index in [1.807, 2.05) is 12.1 Å². The molecule has 2 N–H and O–H groups in total. The molecular weight excluding hydrogens is 258 g/mol. The molecule has 1 aromatic carbocycles. The zero-order valence-electron chi connectivity index (χ0n) is 11.3. The van der Waals surface area contributed by atoms with Crippen LogP contribution in [0.4, 0.5) is 0 Å². The van der Waals surface area contributed by atoms with Crippen molar-refractivity contribution in [3.8, 4) is 5.75 Å². The average molecular weight is 277 g/mol. The Morgan fingerprint density at radius 3 is 2.58 bits per heavy atom. The summed E-state index contributed by atoms with van der Waals surface area (Å²) in [4.78, 5) is 6.70. The molecule has 0 saturated carbocycles. The van der Waals surface area contributed by atoms with Crippen LogP contribution in [0, 0.1) is 0 Å². The molecule has 102 valence electrons. The zero-order valence-corrected chi connectivity index (χ0v) is 12.1. The molecule has 0 amide bonds. The number of thiazole rings is 1. The van der Waals surface area contributed by atoms with Gasteiger partial charge in [-0.1, -0.05) is 12.1 Å². The van der Waals surface area contributed by atoms with Crippen molar-refractivity contribution >= 4 is 11.3 Å². The van der Waals surface area contributed by atoms with Gasteiger partial charge >= 0.3 is 0 Å². The maximum Gasteiger partial charge on any atom is 0.118 e. The smallest absolute Gasteiger partial charge is 0.118 e. The fraction of sp³-hybridized carbons (Fsp3) is 0.357. The third kappa shape index (κ3) is 4.02. The predicted molar refractivity (Wildman–Crippen MR) is 78.2 cm³/mol. The largest absolute Gasteiger partial charge is 0.497 e. The number of benzene rings is 1. The Morgan fingerprint density at radius 1 is 1.26 bits per heavy atom. The van der Waals surface area contributed by atoms with Gasteiger partial charge in [-0.25, -0.2) is 4.98 Å². The molecule has 0 saturated heterocycles. The van der Waals surface area contributed by atoms with Crippen LogP contribution in [0.1, 0.15) is 16.3 Å². The van der Waals surface area contributed by atoms with Crippen LogP contribution in [0.2, 0.25) is 0 Å². The minimum Gasteiger partial charge on any atom is -0.497 e. The lowest BCUT2D eigenvalue weighted by Gasteiger charge is -2.15. The van der Waals surface area contributed by atoms with Gasteiger partial charge in [-0.2, -0.15) is 0 Å². The predicted octanol–water partition coefficient (Wildman–Crippen LogP) is 2.24. The first-order valence-corrected chi connectivity index (χ1v) is 7.04. The number of ether oxygens (including phenoxy) is 1. The summed E-state index contributed by atoms with van der Waals surface area (Å²) in [6, 6.07) is 8.14. The van der Waals surface area contributed by atoms with Crippen LogP contribution in [0.5, 0.6) is 5.75 Å². The van der Waals surface area contributed by atoms with Crippen molar-refractivity contribution in [3.63, 3.8) is 0 Å². The van der Waals surface area contributed by atoms with E-state index in [9.17, 15) is 0 Å². The van der Waals surface area contributed by atoms with Gasteiger partial charge in [0.25, 0.3) is 0 Å². The van der Waals surface area contributed by atoms with Crippen LogP contribution in [-0.4, -0.2) is 24.0 Å². The molecule has 5 heteroatoms. The molecule has 19 heavy (non-hydrogen) atoms. The summed E-state index contributed by atoms with van der Waals surface area (Å²) in [5.41, 5.74) is 7.91. The van der Waals surface area contributed by atoms with E-state index in [0.717, 1.165) is 29.5 Å². The molecule has 0 bridgehead atoms. The number of hydrogen-bond donors (Lipinski definition) is 1. The van der Waals surface area contributed by atoms with E-state index in [0.29, 0.717) is 6.54 Å². The van der Waals surface area contributed by atoms with Crippen molar-refractivity contribution in [2.45, 2.75) is 19.6 Å². The van der Waals surface area contributed by atoms with Gasteiger partial charge in [0.2, 0.25) is 0 Å². The van der Waals surface area contributed by atoms with Gasteiger partial charge in [0, 0.05) is 25.0 Å². The summed E-state index contributed by atoms with van der Waals surface area (Å²) >= 11 is 1.62. The van der Waals surface area contributed by atoms with Crippen LogP contribution in [0.3, 0.4) is 0 Å². The van der Waals surface area contributed by atoms with Crippen molar-refractivity contribution < 1.29 is 4.74 Å². The highest BCUT2D eigenvalue weighted by Gasteiger charge is 2.05. The Kier molecular flexibility index (Phi) is 4.90. The highest BCUT2D eigenvalue weighted by atomic mass is 32.1. The normalized spacial score (nSPS) is 10.9. The molecule has 1 heterocycles. The van der Waals surface area contributed by atoms with Crippen LogP contribution in [-0.2, 0) is 19.6 Å². The van der Waals surface area contributed by atoms with Crippen molar-refractivity contribution in [3.05, 3.63) is 45.9 Å². The van der Waals surface area contributed by atoms with Gasteiger partial charge in [0.05, 0.1) is 12.8 Å². The van der Waals surface area contributed by atoms with Crippen LogP contribution in [0.15, 0.2) is 29.6 Å². The highest BCUT2D eigenvalue weighted by Crippen LogP contribution is 2.15. The SMILES string of the molecule is COc1ccc(CN(C)Cc2csc(CN)n2)cc1. The minimum atomic E-state index is 0.521. The summed E-state index contributed by atoms with van der Waals surface area (Å²) in [6.07, 6.45) is 0. The lowest BCUT2D eigenvalue weighted by Crippen LogP contribution is -2.17. The van der Waals surface area contributed by atoms with E-state index in [1.54, 1.807) is 18.4 Å². The van der Waals surface area contributed by atoms with E-state index in [4.69, 9.17) is 10.5 Å². The van der Waals surface area contributed by atoms with Gasteiger partial charge in [-0.15, -0.1) is 11.3 Å². The van der Waals surface area contributed by atoms with Gasteiger partial charge in [-0.05, 0) is 24.7 Å². The molecule has 0 radical (unpaired) electrons.